The van der Waals surface area contributed by atoms with Crippen LogP contribution in [0.25, 0.3) is 0 Å². The highest BCUT2D eigenvalue weighted by Gasteiger charge is 2.48. The lowest BCUT2D eigenvalue weighted by Gasteiger charge is -2.38. The Hall–Kier alpha value is -2.29. The molecule has 0 amide bonds. The molecule has 0 aliphatic carbocycles. The number of hydrogen-bond acceptors (Lipinski definition) is 2. The molecule has 3 nitrogen and oxygen atoms in total. The molecule has 0 aromatic heterocycles. The molecule has 1 N–H and O–H groups in total. The van der Waals surface area contributed by atoms with Crippen molar-refractivity contribution in [1.29, 1.82) is 0 Å². The zero-order chi connectivity index (χ0) is 14.2. The molecule has 0 saturated heterocycles. The van der Waals surface area contributed by atoms with Crippen LogP contribution < -0.4 is 4.74 Å². The number of hydrogen-bond donors (Lipinski definition) is 1. The maximum Gasteiger partial charge on any atom is 0.318 e. The second-order valence-electron chi connectivity index (χ2n) is 5.21. The van der Waals surface area contributed by atoms with E-state index in [-0.39, 0.29) is 6.10 Å². The number of aliphatic carboxylic acids is 1. The van der Waals surface area contributed by atoms with Gasteiger partial charge in [0.05, 0.1) is 6.10 Å². The van der Waals surface area contributed by atoms with Crippen LogP contribution in [0.2, 0.25) is 0 Å². The predicted molar refractivity (Wildman–Crippen MR) is 76.0 cm³/mol. The van der Waals surface area contributed by atoms with Gasteiger partial charge in [-0.3, -0.25) is 4.79 Å². The molecule has 1 aliphatic heterocycles. The minimum Gasteiger partial charge on any atom is -0.490 e. The van der Waals surface area contributed by atoms with E-state index in [9.17, 15) is 9.90 Å². The van der Waals surface area contributed by atoms with Crippen molar-refractivity contribution in [2.75, 3.05) is 0 Å². The summed E-state index contributed by atoms with van der Waals surface area (Å²) in [5.41, 5.74) is 0.502. The van der Waals surface area contributed by atoms with Crippen LogP contribution in [0.4, 0.5) is 0 Å². The van der Waals surface area contributed by atoms with Crippen molar-refractivity contribution in [3.8, 4) is 5.75 Å². The van der Waals surface area contributed by atoms with Crippen molar-refractivity contribution >= 4 is 5.97 Å². The van der Waals surface area contributed by atoms with Gasteiger partial charge in [0.15, 0.2) is 0 Å². The molecule has 0 radical (unpaired) electrons. The lowest BCUT2D eigenvalue weighted by Crippen LogP contribution is -2.44. The number of para-hydroxylation sites is 1. The molecule has 0 spiro atoms. The van der Waals surface area contributed by atoms with Crippen LogP contribution >= 0.6 is 0 Å². The smallest absolute Gasteiger partial charge is 0.318 e. The first kappa shape index (κ1) is 12.7. The van der Waals surface area contributed by atoms with E-state index in [1.807, 2.05) is 61.5 Å². The quantitative estimate of drug-likeness (QED) is 0.909. The largest absolute Gasteiger partial charge is 0.490 e. The summed E-state index contributed by atoms with van der Waals surface area (Å²) in [6.07, 6.45) is 0.296. The molecule has 2 aromatic rings. The highest BCUT2D eigenvalue weighted by Crippen LogP contribution is 2.45. The van der Waals surface area contributed by atoms with Gasteiger partial charge in [-0.05, 0) is 18.6 Å². The molecular weight excluding hydrogens is 252 g/mol. The van der Waals surface area contributed by atoms with Gasteiger partial charge >= 0.3 is 5.97 Å². The Morgan fingerprint density at radius 1 is 1.15 bits per heavy atom. The summed E-state index contributed by atoms with van der Waals surface area (Å²) in [4.78, 5) is 12.1. The third-order valence-electron chi connectivity index (χ3n) is 3.90. The van der Waals surface area contributed by atoms with Crippen LogP contribution in [-0.4, -0.2) is 17.2 Å². The third kappa shape index (κ3) is 1.78. The van der Waals surface area contributed by atoms with E-state index in [2.05, 4.69) is 0 Å². The molecule has 1 heterocycles. The maximum absolute atomic E-state index is 12.1. The fourth-order valence-corrected chi connectivity index (χ4v) is 3.04. The highest BCUT2D eigenvalue weighted by atomic mass is 16.5. The van der Waals surface area contributed by atoms with Gasteiger partial charge in [-0.15, -0.1) is 0 Å². The molecule has 2 atom stereocenters. The van der Waals surface area contributed by atoms with Gasteiger partial charge in [-0.2, -0.15) is 0 Å². The molecule has 3 rings (SSSR count). The first-order valence-corrected chi connectivity index (χ1v) is 6.69. The Morgan fingerprint density at radius 3 is 2.50 bits per heavy atom. The number of benzene rings is 2. The number of carbonyl (C=O) groups is 1. The average molecular weight is 268 g/mol. The zero-order valence-electron chi connectivity index (χ0n) is 11.2. The number of carboxylic acids is 1. The molecule has 0 bridgehead atoms. The van der Waals surface area contributed by atoms with Crippen molar-refractivity contribution in [3.05, 3.63) is 65.7 Å². The third-order valence-corrected chi connectivity index (χ3v) is 3.90. The molecular formula is C17H16O3. The fourth-order valence-electron chi connectivity index (χ4n) is 3.04. The fraction of sp³-hybridized carbons (Fsp3) is 0.235. The molecule has 0 saturated carbocycles. The minimum absolute atomic E-state index is 0.138. The van der Waals surface area contributed by atoms with E-state index in [0.717, 1.165) is 11.1 Å². The lowest BCUT2D eigenvalue weighted by molar-refractivity contribution is -0.143. The summed E-state index contributed by atoms with van der Waals surface area (Å²) < 4.78 is 5.80. The van der Waals surface area contributed by atoms with Gasteiger partial charge < -0.3 is 9.84 Å². The SMILES string of the molecule is CC1CC(C(=O)O)(c2ccccc2)c2ccccc2O1. The van der Waals surface area contributed by atoms with Gasteiger partial charge in [0.25, 0.3) is 0 Å². The number of fused-ring (bicyclic) bond motifs is 1. The van der Waals surface area contributed by atoms with Crippen LogP contribution in [-0.2, 0) is 10.2 Å². The van der Waals surface area contributed by atoms with Crippen molar-refractivity contribution in [1.82, 2.24) is 0 Å². The van der Waals surface area contributed by atoms with Crippen LogP contribution in [0.15, 0.2) is 54.6 Å². The van der Waals surface area contributed by atoms with Gasteiger partial charge in [0.2, 0.25) is 0 Å². The maximum atomic E-state index is 12.1. The summed E-state index contributed by atoms with van der Waals surface area (Å²) in [5, 5.41) is 9.95. The Labute approximate surface area is 117 Å². The summed E-state index contributed by atoms with van der Waals surface area (Å²) in [7, 11) is 0. The van der Waals surface area contributed by atoms with E-state index in [4.69, 9.17) is 4.74 Å². The van der Waals surface area contributed by atoms with Gasteiger partial charge in [-0.1, -0.05) is 48.5 Å². The van der Waals surface area contributed by atoms with Gasteiger partial charge in [0.1, 0.15) is 11.2 Å². The molecule has 0 fully saturated rings. The van der Waals surface area contributed by atoms with E-state index in [1.54, 1.807) is 0 Å². The number of carboxylic acid groups (broad SMARTS) is 1. The molecule has 20 heavy (non-hydrogen) atoms. The summed E-state index contributed by atoms with van der Waals surface area (Å²) in [5.74, 6) is -0.163. The summed E-state index contributed by atoms with van der Waals surface area (Å²) in [6.45, 7) is 1.91. The molecule has 2 unspecified atom stereocenters. The van der Waals surface area contributed by atoms with Crippen molar-refractivity contribution < 1.29 is 14.6 Å². The van der Waals surface area contributed by atoms with Gasteiger partial charge in [-0.25, -0.2) is 0 Å². The van der Waals surface area contributed by atoms with Crippen LogP contribution in [0.1, 0.15) is 24.5 Å². The van der Waals surface area contributed by atoms with E-state index in [1.165, 1.54) is 0 Å². The lowest BCUT2D eigenvalue weighted by atomic mass is 9.69. The Morgan fingerprint density at radius 2 is 1.80 bits per heavy atom. The zero-order valence-corrected chi connectivity index (χ0v) is 11.2. The van der Waals surface area contributed by atoms with Crippen LogP contribution in [0.5, 0.6) is 5.75 Å². The second kappa shape index (κ2) is 4.67. The average Bonchev–Trinajstić information content (AvgIpc) is 2.46. The first-order valence-electron chi connectivity index (χ1n) is 6.69. The molecule has 1 aliphatic rings. The number of ether oxygens (including phenoxy) is 1. The second-order valence-corrected chi connectivity index (χ2v) is 5.21. The molecule has 2 aromatic carbocycles. The Kier molecular flexibility index (Phi) is 2.97. The normalized spacial score (nSPS) is 24.6. The van der Waals surface area contributed by atoms with E-state index >= 15 is 0 Å². The Bertz CT molecular complexity index is 636. The first-order chi connectivity index (χ1) is 9.64. The summed E-state index contributed by atoms with van der Waals surface area (Å²) >= 11 is 0. The topological polar surface area (TPSA) is 46.5 Å². The van der Waals surface area contributed by atoms with Crippen molar-refractivity contribution in [2.24, 2.45) is 0 Å². The van der Waals surface area contributed by atoms with Crippen molar-refractivity contribution in [2.45, 2.75) is 24.9 Å². The molecule has 3 heteroatoms. The highest BCUT2D eigenvalue weighted by molar-refractivity contribution is 5.87. The van der Waals surface area contributed by atoms with Crippen LogP contribution in [0.3, 0.4) is 0 Å². The molecule has 102 valence electrons. The monoisotopic (exact) mass is 268 g/mol. The van der Waals surface area contributed by atoms with Gasteiger partial charge in [0, 0.05) is 12.0 Å². The van der Waals surface area contributed by atoms with E-state index in [0.29, 0.717) is 12.2 Å². The minimum atomic E-state index is -1.03. The Balaban J connectivity index is 2.29. The predicted octanol–water partition coefficient (Wildman–Crippen LogP) is 3.23. The van der Waals surface area contributed by atoms with E-state index < -0.39 is 11.4 Å². The van der Waals surface area contributed by atoms with Crippen molar-refractivity contribution in [3.63, 3.8) is 0 Å². The summed E-state index contributed by atoms with van der Waals surface area (Å²) in [6, 6.07) is 16.8. The standard InChI is InChI=1S/C17H16O3/c1-12-11-17(16(18)19,13-7-3-2-4-8-13)14-9-5-6-10-15(14)20-12/h2-10,12H,11H2,1H3,(H,18,19). The number of rotatable bonds is 2. The van der Waals surface area contributed by atoms with Crippen LogP contribution in [0, 0.1) is 0 Å².